The van der Waals surface area contributed by atoms with Crippen LogP contribution in [0.3, 0.4) is 0 Å². The zero-order chi connectivity index (χ0) is 10.3. The lowest BCUT2D eigenvalue weighted by atomic mass is 10.1. The fourth-order valence-corrected chi connectivity index (χ4v) is 1.37. The van der Waals surface area contributed by atoms with E-state index in [-0.39, 0.29) is 5.69 Å². The molecule has 1 aromatic rings. The van der Waals surface area contributed by atoms with E-state index in [9.17, 15) is 20.3 Å². The lowest BCUT2D eigenvalue weighted by Crippen LogP contribution is -2.03. The molecule has 1 fully saturated rings. The molecular formula is C9H9NO4. The third-order valence-electron chi connectivity index (χ3n) is 2.43. The smallest absolute Gasteiger partial charge is 0.310 e. The van der Waals surface area contributed by atoms with Crippen LogP contribution >= 0.6 is 0 Å². The van der Waals surface area contributed by atoms with Gasteiger partial charge in [0.05, 0.1) is 10.5 Å². The Hall–Kier alpha value is -1.62. The first-order valence-electron chi connectivity index (χ1n) is 4.23. The minimum atomic E-state index is -0.868. The molecule has 0 bridgehead atoms. The second-order valence-electron chi connectivity index (χ2n) is 3.49. The van der Waals surface area contributed by atoms with Crippen LogP contribution in [0.1, 0.15) is 18.4 Å². The van der Waals surface area contributed by atoms with E-state index in [1.807, 2.05) is 0 Å². The average molecular weight is 195 g/mol. The summed E-state index contributed by atoms with van der Waals surface area (Å²) in [6, 6.07) is 3.94. The number of phenolic OH excluding ortho intramolecular Hbond substituents is 1. The molecule has 0 aliphatic heterocycles. The highest BCUT2D eigenvalue weighted by atomic mass is 16.6. The summed E-state index contributed by atoms with van der Waals surface area (Å²) in [7, 11) is 0. The average Bonchev–Trinajstić information content (AvgIpc) is 2.84. The fraction of sp³-hybridized carbons (Fsp3) is 0.333. The van der Waals surface area contributed by atoms with Crippen molar-refractivity contribution < 1.29 is 15.1 Å². The maximum absolute atomic E-state index is 10.4. The summed E-state index contributed by atoms with van der Waals surface area (Å²) in [5.41, 5.74) is -0.661. The van der Waals surface area contributed by atoms with Crippen molar-refractivity contribution in [2.45, 2.75) is 18.4 Å². The summed E-state index contributed by atoms with van der Waals surface area (Å²) in [5.74, 6) is -0.396. The van der Waals surface area contributed by atoms with Crippen LogP contribution in [0.25, 0.3) is 0 Å². The molecule has 0 radical (unpaired) electrons. The molecule has 0 aromatic heterocycles. The molecule has 2 N–H and O–H groups in total. The Morgan fingerprint density at radius 2 is 2.07 bits per heavy atom. The largest absolute Gasteiger partial charge is 0.502 e. The van der Waals surface area contributed by atoms with E-state index in [4.69, 9.17) is 0 Å². The Balaban J connectivity index is 2.40. The number of aliphatic hydroxyl groups is 1. The first-order valence-corrected chi connectivity index (χ1v) is 4.23. The Morgan fingerprint density at radius 3 is 2.50 bits per heavy atom. The van der Waals surface area contributed by atoms with Gasteiger partial charge in [0.15, 0.2) is 5.75 Å². The summed E-state index contributed by atoms with van der Waals surface area (Å²) < 4.78 is 0. The van der Waals surface area contributed by atoms with Crippen LogP contribution in [-0.4, -0.2) is 15.1 Å². The van der Waals surface area contributed by atoms with Crippen molar-refractivity contribution >= 4 is 5.69 Å². The Labute approximate surface area is 79.8 Å². The van der Waals surface area contributed by atoms with Gasteiger partial charge in [-0.15, -0.1) is 0 Å². The molecule has 0 amide bonds. The molecule has 1 aromatic carbocycles. The molecule has 1 saturated carbocycles. The molecule has 0 unspecified atom stereocenters. The lowest BCUT2D eigenvalue weighted by molar-refractivity contribution is -0.385. The van der Waals surface area contributed by atoms with E-state index in [0.29, 0.717) is 18.4 Å². The molecule has 5 nitrogen and oxygen atoms in total. The van der Waals surface area contributed by atoms with E-state index in [1.165, 1.54) is 18.2 Å². The van der Waals surface area contributed by atoms with Gasteiger partial charge in [-0.1, -0.05) is 0 Å². The van der Waals surface area contributed by atoms with Crippen LogP contribution in [0, 0.1) is 10.1 Å². The first-order chi connectivity index (χ1) is 6.53. The van der Waals surface area contributed by atoms with Crippen molar-refractivity contribution in [2.75, 3.05) is 0 Å². The number of rotatable bonds is 2. The maximum atomic E-state index is 10.4. The highest BCUT2D eigenvalue weighted by Crippen LogP contribution is 2.46. The Morgan fingerprint density at radius 1 is 1.43 bits per heavy atom. The normalized spacial score (nSPS) is 17.8. The number of nitro benzene ring substituents is 1. The van der Waals surface area contributed by atoms with E-state index in [1.54, 1.807) is 0 Å². The molecule has 0 saturated heterocycles. The molecule has 1 aliphatic carbocycles. The summed E-state index contributed by atoms with van der Waals surface area (Å²) >= 11 is 0. The van der Waals surface area contributed by atoms with Crippen LogP contribution in [0.15, 0.2) is 18.2 Å². The number of nitro groups is 1. The van der Waals surface area contributed by atoms with E-state index in [2.05, 4.69) is 0 Å². The van der Waals surface area contributed by atoms with Gasteiger partial charge in [0, 0.05) is 6.07 Å². The van der Waals surface area contributed by atoms with Gasteiger partial charge in [0.25, 0.3) is 0 Å². The molecule has 2 rings (SSSR count). The van der Waals surface area contributed by atoms with Crippen molar-refractivity contribution in [1.29, 1.82) is 0 Å². The molecule has 74 valence electrons. The van der Waals surface area contributed by atoms with Crippen LogP contribution in [0.4, 0.5) is 5.69 Å². The number of hydrogen-bond donors (Lipinski definition) is 2. The van der Waals surface area contributed by atoms with Gasteiger partial charge in [0.1, 0.15) is 0 Å². The third kappa shape index (κ3) is 1.31. The highest BCUT2D eigenvalue weighted by Gasteiger charge is 2.42. The van der Waals surface area contributed by atoms with Gasteiger partial charge < -0.3 is 10.2 Å². The van der Waals surface area contributed by atoms with Crippen LogP contribution in [0.2, 0.25) is 0 Å². The summed E-state index contributed by atoms with van der Waals surface area (Å²) in [4.78, 5) is 9.72. The summed E-state index contributed by atoms with van der Waals surface area (Å²) in [5, 5.41) is 29.4. The number of aromatic hydroxyl groups is 1. The molecule has 0 heterocycles. The van der Waals surface area contributed by atoms with Crippen molar-refractivity contribution in [2.24, 2.45) is 0 Å². The quantitative estimate of drug-likeness (QED) is 0.550. The maximum Gasteiger partial charge on any atom is 0.310 e. The van der Waals surface area contributed by atoms with Gasteiger partial charge in [-0.2, -0.15) is 0 Å². The van der Waals surface area contributed by atoms with Gasteiger partial charge in [-0.25, -0.2) is 0 Å². The first kappa shape index (κ1) is 8.96. The lowest BCUT2D eigenvalue weighted by Gasteiger charge is -2.07. The summed E-state index contributed by atoms with van der Waals surface area (Å²) in [6.07, 6.45) is 1.29. The number of phenols is 1. The Kier molecular flexibility index (Phi) is 1.72. The molecule has 0 spiro atoms. The minimum absolute atomic E-state index is 0.335. The zero-order valence-electron chi connectivity index (χ0n) is 7.30. The Bertz CT molecular complexity index is 398. The monoisotopic (exact) mass is 195 g/mol. The minimum Gasteiger partial charge on any atom is -0.502 e. The van der Waals surface area contributed by atoms with Crippen molar-refractivity contribution in [3.05, 3.63) is 33.9 Å². The van der Waals surface area contributed by atoms with Gasteiger partial charge in [0.2, 0.25) is 0 Å². The highest BCUT2D eigenvalue weighted by molar-refractivity contribution is 5.49. The molecular weight excluding hydrogens is 186 g/mol. The standard InChI is InChI=1S/C9H9NO4/c11-8-5-6(9(12)3-4-9)1-2-7(8)10(13)14/h1-2,5,11-12H,3-4H2. The van der Waals surface area contributed by atoms with Crippen molar-refractivity contribution in [1.82, 2.24) is 0 Å². The zero-order valence-corrected chi connectivity index (χ0v) is 7.30. The molecule has 0 atom stereocenters. The van der Waals surface area contributed by atoms with E-state index in [0.717, 1.165) is 0 Å². The number of benzene rings is 1. The van der Waals surface area contributed by atoms with E-state index >= 15 is 0 Å². The second kappa shape index (κ2) is 2.68. The van der Waals surface area contributed by atoms with E-state index < -0.39 is 16.3 Å². The van der Waals surface area contributed by atoms with Crippen LogP contribution < -0.4 is 0 Å². The molecule has 5 heteroatoms. The molecule has 14 heavy (non-hydrogen) atoms. The van der Waals surface area contributed by atoms with Gasteiger partial charge >= 0.3 is 5.69 Å². The molecule has 1 aliphatic rings. The second-order valence-corrected chi connectivity index (χ2v) is 3.49. The van der Waals surface area contributed by atoms with Crippen molar-refractivity contribution in [3.63, 3.8) is 0 Å². The fourth-order valence-electron chi connectivity index (χ4n) is 1.37. The SMILES string of the molecule is O=[N+]([O-])c1ccc(C2(O)CC2)cc1O. The van der Waals surface area contributed by atoms with Gasteiger partial charge in [-0.3, -0.25) is 10.1 Å². The number of nitrogens with zero attached hydrogens (tertiary/aromatic N) is 1. The van der Waals surface area contributed by atoms with Gasteiger partial charge in [-0.05, 0) is 30.5 Å². The summed E-state index contributed by atoms with van der Waals surface area (Å²) in [6.45, 7) is 0. The third-order valence-corrected chi connectivity index (χ3v) is 2.43. The number of hydrogen-bond acceptors (Lipinski definition) is 4. The van der Waals surface area contributed by atoms with Crippen molar-refractivity contribution in [3.8, 4) is 5.75 Å². The predicted octanol–water partition coefficient (Wildman–Crippen LogP) is 1.28. The topological polar surface area (TPSA) is 83.6 Å². The van der Waals surface area contributed by atoms with Crippen LogP contribution in [-0.2, 0) is 5.60 Å². The predicted molar refractivity (Wildman–Crippen MR) is 47.9 cm³/mol. The van der Waals surface area contributed by atoms with Crippen LogP contribution in [0.5, 0.6) is 5.75 Å².